The summed E-state index contributed by atoms with van der Waals surface area (Å²) in [4.78, 5) is 3.83. The maximum Gasteiger partial charge on any atom is 0.390 e. The number of nitrogens with zero attached hydrogens (tertiary/aromatic N) is 1. The first-order chi connectivity index (χ1) is 9.90. The Morgan fingerprint density at radius 2 is 1.81 bits per heavy atom. The maximum absolute atomic E-state index is 12.0. The highest BCUT2D eigenvalue weighted by molar-refractivity contribution is 9.10. The summed E-state index contributed by atoms with van der Waals surface area (Å²) in [7, 11) is 1.50. The smallest absolute Gasteiger partial charge is 0.390 e. The molecule has 0 saturated carbocycles. The fraction of sp³-hybridized carbons (Fsp3) is 0.462. The van der Waals surface area contributed by atoms with Crippen LogP contribution in [0.25, 0.3) is 0 Å². The van der Waals surface area contributed by atoms with E-state index in [1.54, 1.807) is 0 Å². The Labute approximate surface area is 129 Å². The lowest BCUT2D eigenvalue weighted by molar-refractivity contribution is -0.132. The van der Waals surface area contributed by atoms with Crippen LogP contribution in [-0.4, -0.2) is 38.9 Å². The van der Waals surface area contributed by atoms with Crippen molar-refractivity contribution in [3.05, 3.63) is 28.7 Å². The zero-order chi connectivity index (χ0) is 15.7. The minimum atomic E-state index is -4.17. The van der Waals surface area contributed by atoms with Crippen LogP contribution in [0.2, 0.25) is 0 Å². The van der Waals surface area contributed by atoms with Crippen molar-refractivity contribution in [2.24, 2.45) is 4.99 Å². The van der Waals surface area contributed by atoms with Gasteiger partial charge >= 0.3 is 6.18 Å². The van der Waals surface area contributed by atoms with E-state index >= 15 is 0 Å². The van der Waals surface area contributed by atoms with Gasteiger partial charge < -0.3 is 15.4 Å². The molecule has 1 aromatic carbocycles. The molecule has 118 valence electrons. The second-order valence-corrected chi connectivity index (χ2v) is 5.01. The molecule has 21 heavy (non-hydrogen) atoms. The molecule has 0 aliphatic heterocycles. The molecule has 0 aromatic heterocycles. The van der Waals surface area contributed by atoms with E-state index in [9.17, 15) is 13.2 Å². The van der Waals surface area contributed by atoms with Crippen LogP contribution in [0.3, 0.4) is 0 Å². The number of guanidine groups is 1. The highest BCUT2D eigenvalue weighted by Crippen LogP contribution is 2.18. The molecule has 0 saturated heterocycles. The van der Waals surface area contributed by atoms with E-state index in [1.807, 2.05) is 24.3 Å². The molecule has 8 heteroatoms. The number of benzene rings is 1. The SMILES string of the molecule is CN=C(NCCOc1ccc(Br)cc1)NCCC(F)(F)F. The molecule has 0 amide bonds. The molecule has 0 unspecified atom stereocenters. The average Bonchev–Trinajstić information content (AvgIpc) is 2.42. The third-order valence-corrected chi connectivity index (χ3v) is 2.93. The Morgan fingerprint density at radius 1 is 1.19 bits per heavy atom. The van der Waals surface area contributed by atoms with Crippen molar-refractivity contribution in [2.75, 3.05) is 26.7 Å². The van der Waals surface area contributed by atoms with Crippen LogP contribution >= 0.6 is 15.9 Å². The van der Waals surface area contributed by atoms with Crippen LogP contribution in [-0.2, 0) is 0 Å². The van der Waals surface area contributed by atoms with E-state index in [0.29, 0.717) is 19.1 Å². The Bertz CT molecular complexity index is 449. The Morgan fingerprint density at radius 3 is 2.38 bits per heavy atom. The second kappa shape index (κ2) is 8.76. The molecule has 0 radical (unpaired) electrons. The van der Waals surface area contributed by atoms with Gasteiger partial charge in [-0.3, -0.25) is 4.99 Å². The Kier molecular flexibility index (Phi) is 7.35. The average molecular weight is 368 g/mol. The summed E-state index contributed by atoms with van der Waals surface area (Å²) in [6.45, 7) is 0.597. The summed E-state index contributed by atoms with van der Waals surface area (Å²) in [5.41, 5.74) is 0. The standard InChI is InChI=1S/C13H17BrF3N3O/c1-18-12(19-7-6-13(15,16)17)20-8-9-21-11-4-2-10(14)3-5-11/h2-5H,6-9H2,1H3,(H2,18,19,20). The van der Waals surface area contributed by atoms with Gasteiger partial charge in [-0.15, -0.1) is 0 Å². The molecule has 0 aliphatic rings. The lowest BCUT2D eigenvalue weighted by Crippen LogP contribution is -2.40. The van der Waals surface area contributed by atoms with Crippen molar-refractivity contribution in [3.8, 4) is 5.75 Å². The largest absolute Gasteiger partial charge is 0.492 e. The molecular weight excluding hydrogens is 351 g/mol. The number of rotatable bonds is 6. The number of aliphatic imine (C=N–C) groups is 1. The fourth-order valence-electron chi connectivity index (χ4n) is 1.41. The summed E-state index contributed by atoms with van der Waals surface area (Å²) in [6.07, 6.45) is -5.07. The van der Waals surface area contributed by atoms with Crippen LogP contribution < -0.4 is 15.4 Å². The minimum Gasteiger partial charge on any atom is -0.492 e. The first kappa shape index (κ1) is 17.6. The normalized spacial score (nSPS) is 12.1. The summed E-state index contributed by atoms with van der Waals surface area (Å²) in [6, 6.07) is 7.36. The number of hydrogen-bond acceptors (Lipinski definition) is 2. The van der Waals surface area contributed by atoms with E-state index in [0.717, 1.165) is 10.2 Å². The van der Waals surface area contributed by atoms with Crippen molar-refractivity contribution < 1.29 is 17.9 Å². The van der Waals surface area contributed by atoms with Crippen molar-refractivity contribution in [3.63, 3.8) is 0 Å². The van der Waals surface area contributed by atoms with E-state index < -0.39 is 12.6 Å². The first-order valence-corrected chi connectivity index (χ1v) is 7.09. The van der Waals surface area contributed by atoms with E-state index in [-0.39, 0.29) is 6.54 Å². The van der Waals surface area contributed by atoms with Crippen molar-refractivity contribution in [2.45, 2.75) is 12.6 Å². The van der Waals surface area contributed by atoms with E-state index in [2.05, 4.69) is 31.6 Å². The number of halogens is 4. The molecule has 2 N–H and O–H groups in total. The van der Waals surface area contributed by atoms with Gasteiger partial charge in [0.15, 0.2) is 5.96 Å². The van der Waals surface area contributed by atoms with Gasteiger partial charge in [-0.1, -0.05) is 15.9 Å². The molecule has 1 rings (SSSR count). The predicted octanol–water partition coefficient (Wildman–Crippen LogP) is 2.95. The lowest BCUT2D eigenvalue weighted by Gasteiger charge is -2.13. The van der Waals surface area contributed by atoms with Gasteiger partial charge in [-0.2, -0.15) is 13.2 Å². The van der Waals surface area contributed by atoms with E-state index in [4.69, 9.17) is 4.74 Å². The van der Waals surface area contributed by atoms with Gasteiger partial charge in [0.1, 0.15) is 12.4 Å². The molecule has 1 aromatic rings. The van der Waals surface area contributed by atoms with Gasteiger partial charge in [-0.05, 0) is 24.3 Å². The first-order valence-electron chi connectivity index (χ1n) is 6.30. The van der Waals surface area contributed by atoms with Gasteiger partial charge in [0.05, 0.1) is 13.0 Å². The Balaban J connectivity index is 2.19. The second-order valence-electron chi connectivity index (χ2n) is 4.09. The summed E-state index contributed by atoms with van der Waals surface area (Å²) >= 11 is 3.32. The van der Waals surface area contributed by atoms with Crippen LogP contribution in [0.1, 0.15) is 6.42 Å². The zero-order valence-corrected chi connectivity index (χ0v) is 13.1. The minimum absolute atomic E-state index is 0.212. The quantitative estimate of drug-likeness (QED) is 0.461. The summed E-state index contributed by atoms with van der Waals surface area (Å²) in [5.74, 6) is 1.04. The number of nitrogens with one attached hydrogen (secondary N) is 2. The molecule has 0 aliphatic carbocycles. The molecule has 4 nitrogen and oxygen atoms in total. The summed E-state index contributed by atoms with van der Waals surface area (Å²) < 4.78 is 42.5. The van der Waals surface area contributed by atoms with Crippen LogP contribution in [0.5, 0.6) is 5.75 Å². The van der Waals surface area contributed by atoms with Crippen LogP contribution in [0.15, 0.2) is 33.7 Å². The molecule has 0 atom stereocenters. The van der Waals surface area contributed by atoms with E-state index in [1.165, 1.54) is 7.05 Å². The Hall–Kier alpha value is -1.44. The van der Waals surface area contributed by atoms with Crippen molar-refractivity contribution in [1.82, 2.24) is 10.6 Å². The fourth-order valence-corrected chi connectivity index (χ4v) is 1.68. The summed E-state index contributed by atoms with van der Waals surface area (Å²) in [5, 5.41) is 5.46. The zero-order valence-electron chi connectivity index (χ0n) is 11.5. The van der Waals surface area contributed by atoms with Gasteiger partial charge in [0.2, 0.25) is 0 Å². The third-order valence-electron chi connectivity index (χ3n) is 2.40. The third kappa shape index (κ3) is 8.44. The monoisotopic (exact) mass is 367 g/mol. The molecule has 0 heterocycles. The van der Waals surface area contributed by atoms with Crippen LogP contribution in [0, 0.1) is 0 Å². The lowest BCUT2D eigenvalue weighted by atomic mass is 10.3. The molecule has 0 bridgehead atoms. The predicted molar refractivity (Wildman–Crippen MR) is 79.7 cm³/mol. The highest BCUT2D eigenvalue weighted by Gasteiger charge is 2.26. The van der Waals surface area contributed by atoms with Crippen LogP contribution in [0.4, 0.5) is 13.2 Å². The highest BCUT2D eigenvalue weighted by atomic mass is 79.9. The number of hydrogen-bond donors (Lipinski definition) is 2. The molecule has 0 fully saturated rings. The van der Waals surface area contributed by atoms with Gasteiger partial charge in [0.25, 0.3) is 0 Å². The van der Waals surface area contributed by atoms with Gasteiger partial charge in [0, 0.05) is 18.1 Å². The number of alkyl halides is 3. The number of ether oxygens (including phenoxy) is 1. The topological polar surface area (TPSA) is 45.7 Å². The molecular formula is C13H17BrF3N3O. The molecule has 0 spiro atoms. The van der Waals surface area contributed by atoms with Crippen molar-refractivity contribution in [1.29, 1.82) is 0 Å². The van der Waals surface area contributed by atoms with Gasteiger partial charge in [-0.25, -0.2) is 0 Å². The maximum atomic E-state index is 12.0. The van der Waals surface area contributed by atoms with Crippen molar-refractivity contribution >= 4 is 21.9 Å².